The number of carbonyl (C=O) groups excluding carboxylic acids is 1. The Hall–Kier alpha value is -0.850. The maximum absolute atomic E-state index is 11.4. The molecule has 0 aromatic carbocycles. The van der Waals surface area contributed by atoms with Gasteiger partial charge in [-0.2, -0.15) is 0 Å². The zero-order valence-electron chi connectivity index (χ0n) is 13.9. The summed E-state index contributed by atoms with van der Waals surface area (Å²) in [6, 6.07) is 0.449. The molecule has 0 radical (unpaired) electrons. The summed E-state index contributed by atoms with van der Waals surface area (Å²) in [5.74, 6) is 0. The maximum Gasteiger partial charge on any atom is 0.407 e. The first-order valence-corrected chi connectivity index (χ1v) is 7.87. The largest absolute Gasteiger partial charge is 0.444 e. The lowest BCUT2D eigenvalue weighted by atomic mass is 10.2. The van der Waals surface area contributed by atoms with Crippen LogP contribution in [0.4, 0.5) is 4.79 Å². The van der Waals surface area contributed by atoms with Crippen LogP contribution in [0.5, 0.6) is 0 Å². The minimum atomic E-state index is -0.436. The van der Waals surface area contributed by atoms with E-state index in [1.807, 2.05) is 20.8 Å². The van der Waals surface area contributed by atoms with Crippen molar-refractivity contribution in [2.24, 2.45) is 0 Å². The minimum Gasteiger partial charge on any atom is -0.444 e. The van der Waals surface area contributed by atoms with Crippen molar-refractivity contribution in [2.45, 2.75) is 45.8 Å². The second kappa shape index (κ2) is 9.23. The Morgan fingerprint density at radius 1 is 1.29 bits per heavy atom. The van der Waals surface area contributed by atoms with Crippen LogP contribution in [0.1, 0.15) is 34.1 Å². The lowest BCUT2D eigenvalue weighted by Crippen LogP contribution is -2.44. The van der Waals surface area contributed by atoms with Gasteiger partial charge < -0.3 is 20.1 Å². The summed E-state index contributed by atoms with van der Waals surface area (Å²) in [4.78, 5) is 13.9. The van der Waals surface area contributed by atoms with Crippen molar-refractivity contribution in [3.05, 3.63) is 0 Å². The second-order valence-electron chi connectivity index (χ2n) is 6.55. The lowest BCUT2D eigenvalue weighted by molar-refractivity contribution is 0.0344. The fourth-order valence-electron chi connectivity index (χ4n) is 2.18. The molecule has 124 valence electrons. The van der Waals surface area contributed by atoms with Crippen LogP contribution in [-0.4, -0.2) is 68.6 Å². The fraction of sp³-hybridized carbons (Fsp3) is 0.933. The SMILES string of the molecule is CC(CN1CCOCC1)NCCCNC(=O)OC(C)(C)C. The number of morpholine rings is 1. The Morgan fingerprint density at radius 3 is 2.57 bits per heavy atom. The quantitative estimate of drug-likeness (QED) is 0.692. The third kappa shape index (κ3) is 9.66. The number of amides is 1. The molecule has 6 nitrogen and oxygen atoms in total. The van der Waals surface area contributed by atoms with Gasteiger partial charge in [0.05, 0.1) is 13.2 Å². The highest BCUT2D eigenvalue weighted by atomic mass is 16.6. The van der Waals surface area contributed by atoms with Crippen molar-refractivity contribution in [1.29, 1.82) is 0 Å². The highest BCUT2D eigenvalue weighted by molar-refractivity contribution is 5.67. The van der Waals surface area contributed by atoms with Crippen LogP contribution in [0.2, 0.25) is 0 Å². The van der Waals surface area contributed by atoms with Crippen molar-refractivity contribution in [3.8, 4) is 0 Å². The molecule has 0 aromatic heterocycles. The van der Waals surface area contributed by atoms with E-state index in [4.69, 9.17) is 9.47 Å². The monoisotopic (exact) mass is 301 g/mol. The van der Waals surface area contributed by atoms with Crippen LogP contribution in [0.15, 0.2) is 0 Å². The van der Waals surface area contributed by atoms with Crippen LogP contribution >= 0.6 is 0 Å². The standard InChI is InChI=1S/C15H31N3O3/c1-13(12-18-8-10-20-11-9-18)16-6-5-7-17-14(19)21-15(2,3)4/h13,16H,5-12H2,1-4H3,(H,17,19). The molecule has 21 heavy (non-hydrogen) atoms. The molecule has 0 aromatic rings. The molecule has 0 saturated carbocycles. The van der Waals surface area contributed by atoms with Gasteiger partial charge in [-0.05, 0) is 40.7 Å². The Balaban J connectivity index is 1.99. The van der Waals surface area contributed by atoms with E-state index in [1.165, 1.54) is 0 Å². The van der Waals surface area contributed by atoms with Gasteiger partial charge in [0.2, 0.25) is 0 Å². The van der Waals surface area contributed by atoms with Crippen molar-refractivity contribution in [1.82, 2.24) is 15.5 Å². The van der Waals surface area contributed by atoms with Crippen LogP contribution in [0, 0.1) is 0 Å². The third-order valence-corrected chi connectivity index (χ3v) is 3.15. The Labute approximate surface area is 128 Å². The van der Waals surface area contributed by atoms with Crippen molar-refractivity contribution in [3.63, 3.8) is 0 Å². The second-order valence-corrected chi connectivity index (χ2v) is 6.55. The van der Waals surface area contributed by atoms with Gasteiger partial charge in [0.25, 0.3) is 0 Å². The summed E-state index contributed by atoms with van der Waals surface area (Å²) in [7, 11) is 0. The number of carbonyl (C=O) groups is 1. The summed E-state index contributed by atoms with van der Waals surface area (Å²) in [5.41, 5.74) is -0.436. The average Bonchev–Trinajstić information content (AvgIpc) is 2.37. The highest BCUT2D eigenvalue weighted by Crippen LogP contribution is 2.06. The molecule has 6 heteroatoms. The molecular weight excluding hydrogens is 270 g/mol. The first-order valence-electron chi connectivity index (χ1n) is 7.87. The Bertz CT molecular complexity index is 299. The van der Waals surface area contributed by atoms with Gasteiger partial charge >= 0.3 is 6.09 Å². The van der Waals surface area contributed by atoms with Gasteiger partial charge in [0.15, 0.2) is 0 Å². The third-order valence-electron chi connectivity index (χ3n) is 3.15. The van der Waals surface area contributed by atoms with Crippen LogP contribution in [0.3, 0.4) is 0 Å². The van der Waals surface area contributed by atoms with E-state index in [-0.39, 0.29) is 6.09 Å². The first kappa shape index (κ1) is 18.2. The molecule has 1 aliphatic rings. The summed E-state index contributed by atoms with van der Waals surface area (Å²) in [6.07, 6.45) is 0.552. The molecule has 1 amide bonds. The number of ether oxygens (including phenoxy) is 2. The molecular formula is C15H31N3O3. The van der Waals surface area contributed by atoms with Crippen LogP contribution in [0.25, 0.3) is 0 Å². The van der Waals surface area contributed by atoms with Gasteiger partial charge in [-0.25, -0.2) is 4.79 Å². The van der Waals surface area contributed by atoms with E-state index in [0.29, 0.717) is 12.6 Å². The maximum atomic E-state index is 11.4. The molecule has 1 saturated heterocycles. The average molecular weight is 301 g/mol. The van der Waals surface area contributed by atoms with Crippen LogP contribution in [-0.2, 0) is 9.47 Å². The van der Waals surface area contributed by atoms with Crippen molar-refractivity contribution < 1.29 is 14.3 Å². The summed E-state index contributed by atoms with van der Waals surface area (Å²) < 4.78 is 10.5. The number of hydrogen-bond donors (Lipinski definition) is 2. The smallest absolute Gasteiger partial charge is 0.407 e. The molecule has 0 bridgehead atoms. The van der Waals surface area contributed by atoms with Gasteiger partial charge in [0, 0.05) is 32.2 Å². The molecule has 1 rings (SSSR count). The van der Waals surface area contributed by atoms with E-state index in [1.54, 1.807) is 0 Å². The fourth-order valence-corrected chi connectivity index (χ4v) is 2.18. The van der Waals surface area contributed by atoms with Gasteiger partial charge in [-0.3, -0.25) is 4.90 Å². The van der Waals surface area contributed by atoms with E-state index in [0.717, 1.165) is 45.8 Å². The van der Waals surface area contributed by atoms with E-state index >= 15 is 0 Å². The summed E-state index contributed by atoms with van der Waals surface area (Å²) in [6.45, 7) is 14.1. The van der Waals surface area contributed by atoms with E-state index in [9.17, 15) is 4.79 Å². The van der Waals surface area contributed by atoms with Crippen molar-refractivity contribution >= 4 is 6.09 Å². The van der Waals surface area contributed by atoms with Crippen LogP contribution < -0.4 is 10.6 Å². The highest BCUT2D eigenvalue weighted by Gasteiger charge is 2.15. The number of nitrogens with zero attached hydrogens (tertiary/aromatic N) is 1. The topological polar surface area (TPSA) is 62.8 Å². The van der Waals surface area contributed by atoms with Gasteiger partial charge in [-0.1, -0.05) is 0 Å². The Kier molecular flexibility index (Phi) is 8.00. The number of hydrogen-bond acceptors (Lipinski definition) is 5. The van der Waals surface area contributed by atoms with Gasteiger partial charge in [-0.15, -0.1) is 0 Å². The lowest BCUT2D eigenvalue weighted by Gasteiger charge is -2.29. The van der Waals surface area contributed by atoms with Gasteiger partial charge in [0.1, 0.15) is 5.60 Å². The minimum absolute atomic E-state index is 0.344. The normalized spacial score (nSPS) is 18.3. The zero-order chi connectivity index (χ0) is 15.7. The molecule has 1 atom stereocenters. The number of nitrogens with one attached hydrogen (secondary N) is 2. The van der Waals surface area contributed by atoms with E-state index < -0.39 is 5.60 Å². The molecule has 1 aliphatic heterocycles. The predicted octanol–water partition coefficient (Wildman–Crippen LogP) is 1.21. The van der Waals surface area contributed by atoms with Crippen molar-refractivity contribution in [2.75, 3.05) is 45.9 Å². The Morgan fingerprint density at radius 2 is 1.95 bits per heavy atom. The molecule has 1 fully saturated rings. The number of rotatable bonds is 7. The molecule has 2 N–H and O–H groups in total. The number of alkyl carbamates (subject to hydrolysis) is 1. The summed E-state index contributed by atoms with van der Waals surface area (Å²) >= 11 is 0. The molecule has 1 unspecified atom stereocenters. The molecule has 0 spiro atoms. The first-order chi connectivity index (χ1) is 9.87. The summed E-state index contributed by atoms with van der Waals surface area (Å²) in [5, 5.41) is 6.24. The molecule has 1 heterocycles. The molecule has 0 aliphatic carbocycles. The zero-order valence-corrected chi connectivity index (χ0v) is 13.9. The van der Waals surface area contributed by atoms with E-state index in [2.05, 4.69) is 22.5 Å². The predicted molar refractivity (Wildman–Crippen MR) is 83.6 cm³/mol.